The fourth-order valence-corrected chi connectivity index (χ4v) is 16.1. The molecule has 4 aliphatic carbocycles. The van der Waals surface area contributed by atoms with Crippen LogP contribution in [0.1, 0.15) is 106 Å². The maximum atomic E-state index is 12.9. The quantitative estimate of drug-likeness (QED) is 0.0321. The van der Waals surface area contributed by atoms with Gasteiger partial charge < -0.3 is 109 Å². The summed E-state index contributed by atoms with van der Waals surface area (Å²) in [6.07, 6.45) is -27.5. The molecule has 4 aliphatic heterocycles. The third-order valence-corrected chi connectivity index (χ3v) is 20.9. The highest BCUT2D eigenvalue weighted by atomic mass is 17.1. The number of rotatable bonds is 17. The molecule has 15 N–H and O–H groups in total. The number of aliphatic hydroxyl groups is 14. The Hall–Kier alpha value is -1.22. The van der Waals surface area contributed by atoms with Crippen LogP contribution in [-0.4, -0.2) is 244 Å². The molecule has 4 saturated heterocycles. The van der Waals surface area contributed by atoms with Crippen molar-refractivity contribution in [3.8, 4) is 0 Å². The lowest BCUT2D eigenvalue weighted by atomic mass is 9.35. The molecule has 8 aliphatic rings. The van der Waals surface area contributed by atoms with Crippen molar-refractivity contribution in [1.82, 2.24) is 0 Å². The van der Waals surface area contributed by atoms with Gasteiger partial charge in [0.15, 0.2) is 25.2 Å². The normalized spacial score (nSPS) is 52.2. The Bertz CT molecular complexity index is 1990. The summed E-state index contributed by atoms with van der Waals surface area (Å²) in [5.41, 5.74) is -2.50. The highest BCUT2D eigenvalue weighted by Gasteiger charge is 2.72. The molecule has 446 valence electrons. The monoisotopic (exact) mass is 1110 g/mol. The lowest BCUT2D eigenvalue weighted by molar-refractivity contribution is -0.378. The van der Waals surface area contributed by atoms with Gasteiger partial charge in [-0.25, -0.2) is 4.89 Å². The Morgan fingerprint density at radius 1 is 0.623 bits per heavy atom. The van der Waals surface area contributed by atoms with Crippen molar-refractivity contribution in [3.05, 3.63) is 12.2 Å². The van der Waals surface area contributed by atoms with E-state index in [9.17, 15) is 76.7 Å². The fraction of sp³-hybridized carbons (Fsp3) is 0.962. The average Bonchev–Trinajstić information content (AvgIpc) is 4.03. The smallest absolute Gasteiger partial charge is 0.187 e. The van der Waals surface area contributed by atoms with Gasteiger partial charge in [-0.1, -0.05) is 41.2 Å². The zero-order chi connectivity index (χ0) is 56.6. The fourth-order valence-electron chi connectivity index (χ4n) is 16.1. The summed E-state index contributed by atoms with van der Waals surface area (Å²) in [5.74, 6) is -0.762. The van der Waals surface area contributed by atoms with E-state index in [2.05, 4.69) is 41.2 Å². The number of hydrogen-bond donors (Lipinski definition) is 15. The molecule has 4 saturated carbocycles. The van der Waals surface area contributed by atoms with Gasteiger partial charge in [-0.2, -0.15) is 0 Å². The zero-order valence-electron chi connectivity index (χ0n) is 45.3. The molecule has 0 unspecified atom stereocenters. The summed E-state index contributed by atoms with van der Waals surface area (Å²) in [7, 11) is 0. The maximum absolute atomic E-state index is 12.9. The summed E-state index contributed by atoms with van der Waals surface area (Å²) in [4.78, 5) is 4.85. The Kier molecular flexibility index (Phi) is 18.8. The minimum Gasteiger partial charge on any atom is -0.394 e. The summed E-state index contributed by atoms with van der Waals surface area (Å²) in [5, 5.41) is 161. The van der Waals surface area contributed by atoms with Gasteiger partial charge in [-0.15, -0.1) is 0 Å². The predicted octanol–water partition coefficient (Wildman–Crippen LogP) is -2.10. The van der Waals surface area contributed by atoms with Gasteiger partial charge in [0.05, 0.1) is 44.2 Å². The molecule has 30 atom stereocenters. The van der Waals surface area contributed by atoms with Crippen molar-refractivity contribution in [2.75, 3.05) is 26.4 Å². The van der Waals surface area contributed by atoms with Crippen LogP contribution in [0.25, 0.3) is 0 Å². The maximum Gasteiger partial charge on any atom is 0.187 e. The second-order valence-corrected chi connectivity index (χ2v) is 25.5. The van der Waals surface area contributed by atoms with Crippen molar-refractivity contribution >= 4 is 0 Å². The van der Waals surface area contributed by atoms with E-state index in [1.54, 1.807) is 6.92 Å². The molecule has 4 heterocycles. The van der Waals surface area contributed by atoms with E-state index in [1.165, 1.54) is 0 Å². The molecule has 0 aromatic heterocycles. The molecular weight excluding hydrogens is 1020 g/mol. The standard InChI is InChI=1S/C53H90O24/c1-22(2)26(77-68)10-16-53(8,76-47-43(67)39(63)37(61)29(73-47)21-70-45-41(65)34(58)25(57)20-69-45)23-9-14-52(7)33(23)24(56)17-31-50(5)13-12-32(49(3,4)30(50)11-15-51(31,52)6)74-48-44(40(64)36(60)28(19-55)72-48)75-46-42(66)38(62)35(59)27(18-54)71-46/h23-48,54-68H,1,9-21H2,2-8H3/t23-,24+,25+,26-,27+,28+,29+,30+,31+,32-,33-,34-,35+,36+,37+,38-,39-,40-,41+,42+,43+,44+,45-,46-,47-,48-,50-,51+,52+,53-/m0/s1. The highest BCUT2D eigenvalue weighted by molar-refractivity contribution is 5.20. The third kappa shape index (κ3) is 10.9. The van der Waals surface area contributed by atoms with E-state index >= 15 is 0 Å². The second kappa shape index (κ2) is 23.4. The lowest BCUT2D eigenvalue weighted by Crippen LogP contribution is -2.68. The summed E-state index contributed by atoms with van der Waals surface area (Å²) in [6.45, 7) is 16.4. The van der Waals surface area contributed by atoms with Gasteiger partial charge in [-0.3, -0.25) is 5.26 Å². The van der Waals surface area contributed by atoms with Crippen LogP contribution in [0.5, 0.6) is 0 Å². The van der Waals surface area contributed by atoms with Crippen LogP contribution >= 0.6 is 0 Å². The summed E-state index contributed by atoms with van der Waals surface area (Å²) < 4.78 is 48.6. The van der Waals surface area contributed by atoms with Crippen molar-refractivity contribution < 1.29 is 120 Å². The Morgan fingerprint density at radius 3 is 1.82 bits per heavy atom. The van der Waals surface area contributed by atoms with Crippen LogP contribution in [0.3, 0.4) is 0 Å². The van der Waals surface area contributed by atoms with Crippen molar-refractivity contribution in [1.29, 1.82) is 0 Å². The third-order valence-electron chi connectivity index (χ3n) is 20.9. The molecule has 0 amide bonds. The van der Waals surface area contributed by atoms with E-state index in [-0.39, 0.29) is 48.0 Å². The number of hydrogen-bond acceptors (Lipinski definition) is 24. The van der Waals surface area contributed by atoms with E-state index in [1.807, 2.05) is 6.92 Å². The molecule has 8 fully saturated rings. The minimum atomic E-state index is -1.83. The van der Waals surface area contributed by atoms with Gasteiger partial charge >= 0.3 is 0 Å². The molecular formula is C53H90O24. The zero-order valence-corrected chi connectivity index (χ0v) is 45.3. The number of aliphatic hydroxyl groups excluding tert-OH is 14. The van der Waals surface area contributed by atoms with E-state index in [0.717, 1.165) is 12.8 Å². The van der Waals surface area contributed by atoms with Crippen LogP contribution in [0.15, 0.2) is 12.2 Å². The molecule has 77 heavy (non-hydrogen) atoms. The first-order valence-electron chi connectivity index (χ1n) is 27.6. The molecule has 24 heteroatoms. The molecule has 24 nitrogen and oxygen atoms in total. The van der Waals surface area contributed by atoms with Crippen molar-refractivity contribution in [2.45, 2.75) is 247 Å². The highest BCUT2D eigenvalue weighted by Crippen LogP contribution is 2.76. The molecule has 0 aromatic rings. The van der Waals surface area contributed by atoms with E-state index in [0.29, 0.717) is 37.7 Å². The van der Waals surface area contributed by atoms with Crippen LogP contribution < -0.4 is 0 Å². The average molecular weight is 1110 g/mol. The van der Waals surface area contributed by atoms with Crippen LogP contribution in [0.4, 0.5) is 0 Å². The van der Waals surface area contributed by atoms with Crippen LogP contribution in [0, 0.1) is 45.3 Å². The van der Waals surface area contributed by atoms with Gasteiger partial charge in [0, 0.05) is 0 Å². The first kappa shape index (κ1) is 61.8. The first-order chi connectivity index (χ1) is 36.0. The van der Waals surface area contributed by atoms with E-state index < -0.39 is 177 Å². The van der Waals surface area contributed by atoms with Crippen LogP contribution in [-0.2, 0) is 42.8 Å². The summed E-state index contributed by atoms with van der Waals surface area (Å²) in [6, 6.07) is 0. The molecule has 0 bridgehead atoms. The summed E-state index contributed by atoms with van der Waals surface area (Å²) >= 11 is 0. The second-order valence-electron chi connectivity index (χ2n) is 25.5. The molecule has 8 rings (SSSR count). The Labute approximate surface area is 449 Å². The number of ether oxygens (including phenoxy) is 8. The SMILES string of the molecule is C=C(C)[C@H](CC[C@](C)(O[C@@H]1O[C@H](CO[C@@H]2OC[C@@H](O)[C@H](O)[C@H]2O)[C@@H](O)[C@H](O)[C@H]1O)[C@H]1CC[C@]2(C)[C@@H]1[C@H](O)C[C@@H]1[C@@]3(C)CC[C@H](O[C@@H]4O[C@H](CO)[C@@H](O)[C@H](O)[C@H]4O[C@@H]4O[C@H](CO)[C@@H](O)[C@H](O)[C@H]4O)C(C)(C)[C@H]3CC[C@]12C)OO. The van der Waals surface area contributed by atoms with Crippen molar-refractivity contribution in [3.63, 3.8) is 0 Å². The minimum absolute atomic E-state index is 0.00685. The van der Waals surface area contributed by atoms with Gasteiger partial charge in [0.1, 0.15) is 97.7 Å². The largest absolute Gasteiger partial charge is 0.394 e. The van der Waals surface area contributed by atoms with Gasteiger partial charge in [0.25, 0.3) is 0 Å². The van der Waals surface area contributed by atoms with E-state index in [4.69, 9.17) is 42.8 Å². The Morgan fingerprint density at radius 2 is 1.19 bits per heavy atom. The van der Waals surface area contributed by atoms with Gasteiger partial charge in [-0.05, 0) is 123 Å². The van der Waals surface area contributed by atoms with Gasteiger partial charge in [0.2, 0.25) is 0 Å². The molecule has 0 aromatic carbocycles. The van der Waals surface area contributed by atoms with Crippen molar-refractivity contribution in [2.24, 2.45) is 45.3 Å². The predicted molar refractivity (Wildman–Crippen MR) is 263 cm³/mol. The molecule has 0 radical (unpaired) electrons. The first-order valence-corrected chi connectivity index (χ1v) is 27.6. The topological polar surface area (TPSA) is 387 Å². The Balaban J connectivity index is 1.02. The lowest BCUT2D eigenvalue weighted by Gasteiger charge is -2.71. The number of fused-ring (bicyclic) bond motifs is 5. The van der Waals surface area contributed by atoms with Crippen LogP contribution in [0.2, 0.25) is 0 Å². The molecule has 0 spiro atoms.